The van der Waals surface area contributed by atoms with E-state index in [1.54, 1.807) is 0 Å². The Morgan fingerprint density at radius 2 is 2.25 bits per heavy atom. The SMILES string of the molecule is CC(F)(F)CC1(O)CCCNC1. The van der Waals surface area contributed by atoms with Crippen molar-refractivity contribution in [2.24, 2.45) is 0 Å². The molecule has 0 saturated carbocycles. The zero-order chi connectivity index (χ0) is 9.24. The van der Waals surface area contributed by atoms with Crippen molar-refractivity contribution in [1.82, 2.24) is 5.32 Å². The van der Waals surface area contributed by atoms with Gasteiger partial charge < -0.3 is 10.4 Å². The molecule has 72 valence electrons. The van der Waals surface area contributed by atoms with Crippen molar-refractivity contribution in [1.29, 1.82) is 0 Å². The summed E-state index contributed by atoms with van der Waals surface area (Å²) in [5.74, 6) is -2.77. The highest BCUT2D eigenvalue weighted by atomic mass is 19.3. The van der Waals surface area contributed by atoms with Crippen LogP contribution in [-0.4, -0.2) is 29.7 Å². The number of β-amino-alcohol motifs (C(OH)–C–C–N with tert-alkyl or cyclic N) is 1. The Morgan fingerprint density at radius 1 is 1.58 bits per heavy atom. The van der Waals surface area contributed by atoms with Gasteiger partial charge in [0.05, 0.1) is 5.60 Å². The van der Waals surface area contributed by atoms with Crippen LogP contribution < -0.4 is 5.32 Å². The Kier molecular flexibility index (Phi) is 2.68. The molecule has 1 rings (SSSR count). The fraction of sp³-hybridized carbons (Fsp3) is 1.00. The van der Waals surface area contributed by atoms with Gasteiger partial charge in [-0.1, -0.05) is 0 Å². The molecule has 0 aromatic heterocycles. The second kappa shape index (κ2) is 3.26. The van der Waals surface area contributed by atoms with E-state index >= 15 is 0 Å². The molecule has 1 unspecified atom stereocenters. The first-order valence-corrected chi connectivity index (χ1v) is 4.22. The van der Waals surface area contributed by atoms with E-state index in [-0.39, 0.29) is 6.54 Å². The molecule has 0 aliphatic carbocycles. The highest BCUT2D eigenvalue weighted by Crippen LogP contribution is 2.29. The average molecular weight is 179 g/mol. The molecule has 0 aromatic carbocycles. The first-order chi connectivity index (χ1) is 5.41. The normalized spacial score (nSPS) is 32.0. The molecule has 1 saturated heterocycles. The fourth-order valence-corrected chi connectivity index (χ4v) is 1.68. The summed E-state index contributed by atoms with van der Waals surface area (Å²) in [6, 6.07) is 0. The molecule has 12 heavy (non-hydrogen) atoms. The molecule has 0 aromatic rings. The zero-order valence-corrected chi connectivity index (χ0v) is 7.24. The molecule has 4 heteroatoms. The Morgan fingerprint density at radius 3 is 2.67 bits per heavy atom. The second-order valence-corrected chi connectivity index (χ2v) is 3.75. The highest BCUT2D eigenvalue weighted by Gasteiger charge is 2.38. The monoisotopic (exact) mass is 179 g/mol. The van der Waals surface area contributed by atoms with Crippen molar-refractivity contribution in [3.8, 4) is 0 Å². The molecular formula is C8H15F2NO. The van der Waals surface area contributed by atoms with Crippen molar-refractivity contribution < 1.29 is 13.9 Å². The van der Waals surface area contributed by atoms with Crippen LogP contribution in [-0.2, 0) is 0 Å². The lowest BCUT2D eigenvalue weighted by atomic mass is 9.88. The van der Waals surface area contributed by atoms with E-state index < -0.39 is 17.9 Å². The van der Waals surface area contributed by atoms with Crippen LogP contribution in [0, 0.1) is 0 Å². The maximum atomic E-state index is 12.6. The van der Waals surface area contributed by atoms with Gasteiger partial charge in [-0.3, -0.25) is 0 Å². The minimum Gasteiger partial charge on any atom is -0.388 e. The Balaban J connectivity index is 2.47. The summed E-state index contributed by atoms with van der Waals surface area (Å²) in [5.41, 5.74) is -1.20. The van der Waals surface area contributed by atoms with Crippen molar-refractivity contribution >= 4 is 0 Å². The maximum absolute atomic E-state index is 12.6. The van der Waals surface area contributed by atoms with E-state index in [1.165, 1.54) is 0 Å². The van der Waals surface area contributed by atoms with E-state index in [2.05, 4.69) is 5.32 Å². The van der Waals surface area contributed by atoms with Gasteiger partial charge >= 0.3 is 0 Å². The summed E-state index contributed by atoms with van der Waals surface area (Å²) in [6.07, 6.45) is 0.809. The van der Waals surface area contributed by atoms with E-state index in [0.717, 1.165) is 19.9 Å². The van der Waals surface area contributed by atoms with Crippen LogP contribution in [0.2, 0.25) is 0 Å². The quantitative estimate of drug-likeness (QED) is 0.666. The van der Waals surface area contributed by atoms with Crippen LogP contribution >= 0.6 is 0 Å². The number of rotatable bonds is 2. The molecule has 1 atom stereocenters. The summed E-state index contributed by atoms with van der Waals surface area (Å²) in [5, 5.41) is 12.6. The standard InChI is InChI=1S/C8H15F2NO/c1-7(9,10)5-8(12)3-2-4-11-6-8/h11-12H,2-6H2,1H3. The fourth-order valence-electron chi connectivity index (χ4n) is 1.68. The number of hydrogen-bond donors (Lipinski definition) is 2. The summed E-state index contributed by atoms with van der Waals surface area (Å²) >= 11 is 0. The molecular weight excluding hydrogens is 164 g/mol. The van der Waals surface area contributed by atoms with Crippen molar-refractivity contribution in [3.05, 3.63) is 0 Å². The van der Waals surface area contributed by atoms with Gasteiger partial charge in [0.15, 0.2) is 0 Å². The summed E-state index contributed by atoms with van der Waals surface area (Å²) in [4.78, 5) is 0. The van der Waals surface area contributed by atoms with Crippen LogP contribution in [0.15, 0.2) is 0 Å². The predicted octanol–water partition coefficient (Wildman–Crippen LogP) is 1.15. The Labute approximate surface area is 71.0 Å². The third-order valence-electron chi connectivity index (χ3n) is 2.09. The van der Waals surface area contributed by atoms with Crippen molar-refractivity contribution in [2.45, 2.75) is 37.7 Å². The molecule has 0 bridgehead atoms. The van der Waals surface area contributed by atoms with Crippen LogP contribution in [0.5, 0.6) is 0 Å². The van der Waals surface area contributed by atoms with Crippen LogP contribution in [0.3, 0.4) is 0 Å². The van der Waals surface area contributed by atoms with Crippen LogP contribution in [0.1, 0.15) is 26.2 Å². The molecule has 0 spiro atoms. The summed E-state index contributed by atoms with van der Waals surface area (Å²) < 4.78 is 25.1. The van der Waals surface area contributed by atoms with E-state index in [9.17, 15) is 13.9 Å². The number of hydrogen-bond acceptors (Lipinski definition) is 2. The second-order valence-electron chi connectivity index (χ2n) is 3.75. The van der Waals surface area contributed by atoms with Gasteiger partial charge in [-0.25, -0.2) is 8.78 Å². The van der Waals surface area contributed by atoms with Gasteiger partial charge in [-0.05, 0) is 26.3 Å². The van der Waals surface area contributed by atoms with Crippen LogP contribution in [0.25, 0.3) is 0 Å². The molecule has 0 amide bonds. The largest absolute Gasteiger partial charge is 0.388 e. The molecule has 2 N–H and O–H groups in total. The van der Waals surface area contributed by atoms with Gasteiger partial charge in [-0.15, -0.1) is 0 Å². The lowest BCUT2D eigenvalue weighted by Gasteiger charge is -2.34. The number of piperidine rings is 1. The minimum absolute atomic E-state index is 0.288. The first kappa shape index (κ1) is 9.86. The highest BCUT2D eigenvalue weighted by molar-refractivity contribution is 4.88. The molecule has 1 fully saturated rings. The van der Waals surface area contributed by atoms with Crippen molar-refractivity contribution in [3.63, 3.8) is 0 Å². The molecule has 1 aliphatic heterocycles. The summed E-state index contributed by atoms with van der Waals surface area (Å²) in [6.45, 7) is 1.95. The topological polar surface area (TPSA) is 32.3 Å². The Hall–Kier alpha value is -0.220. The third-order valence-corrected chi connectivity index (χ3v) is 2.09. The smallest absolute Gasteiger partial charge is 0.248 e. The van der Waals surface area contributed by atoms with Gasteiger partial charge in [-0.2, -0.15) is 0 Å². The number of halogens is 2. The summed E-state index contributed by atoms with van der Waals surface area (Å²) in [7, 11) is 0. The van der Waals surface area contributed by atoms with Gasteiger partial charge in [0, 0.05) is 13.0 Å². The van der Waals surface area contributed by atoms with Gasteiger partial charge in [0.25, 0.3) is 0 Å². The van der Waals surface area contributed by atoms with Gasteiger partial charge in [0.1, 0.15) is 0 Å². The Bertz CT molecular complexity index is 150. The minimum atomic E-state index is -2.77. The van der Waals surface area contributed by atoms with E-state index in [4.69, 9.17) is 0 Å². The number of aliphatic hydroxyl groups is 1. The van der Waals surface area contributed by atoms with Gasteiger partial charge in [0.2, 0.25) is 5.92 Å². The zero-order valence-electron chi connectivity index (χ0n) is 7.24. The lowest BCUT2D eigenvalue weighted by Crippen LogP contribution is -2.48. The molecule has 1 heterocycles. The first-order valence-electron chi connectivity index (χ1n) is 4.22. The number of alkyl halides is 2. The number of nitrogens with one attached hydrogen (secondary N) is 1. The third kappa shape index (κ3) is 3.03. The average Bonchev–Trinajstić information content (AvgIpc) is 1.83. The van der Waals surface area contributed by atoms with E-state index in [0.29, 0.717) is 6.42 Å². The predicted molar refractivity (Wildman–Crippen MR) is 42.3 cm³/mol. The lowest BCUT2D eigenvalue weighted by molar-refractivity contribution is -0.0861. The maximum Gasteiger partial charge on any atom is 0.248 e. The molecule has 1 aliphatic rings. The van der Waals surface area contributed by atoms with Crippen molar-refractivity contribution in [2.75, 3.05) is 13.1 Å². The van der Waals surface area contributed by atoms with Crippen LogP contribution in [0.4, 0.5) is 8.78 Å². The van der Waals surface area contributed by atoms with E-state index in [1.807, 2.05) is 0 Å². The molecule has 2 nitrogen and oxygen atoms in total. The molecule has 0 radical (unpaired) electrons.